The number of rotatable bonds is 0. The summed E-state index contributed by atoms with van der Waals surface area (Å²) < 4.78 is 38.0. The average molecular weight is 226 g/mol. The molecule has 0 unspecified atom stereocenters. The smallest absolute Gasteiger partial charge is 0.289 e. The van der Waals surface area contributed by atoms with Crippen LogP contribution in [0.3, 0.4) is 0 Å². The quantitative estimate of drug-likeness (QED) is 0.620. The van der Waals surface area contributed by atoms with Crippen LogP contribution < -0.4 is 0 Å². The highest BCUT2D eigenvalue weighted by Crippen LogP contribution is 2.38. The topological polar surface area (TPSA) is 17.1 Å². The van der Waals surface area contributed by atoms with Gasteiger partial charge in [0.25, 0.3) is 0 Å². The fraction of sp³-hybridized carbons (Fsp3) is 0.250. The highest BCUT2D eigenvalue weighted by Gasteiger charge is 2.39. The van der Waals surface area contributed by atoms with E-state index in [9.17, 15) is 18.0 Å². The number of allylic oxidation sites excluding steroid dienone is 2. The SMILES string of the molecule is C/C=C1/Cc2cccc(C(F)(F)F)c2C1=O. The molecule has 0 bridgehead atoms. The Morgan fingerprint density at radius 2 is 2.00 bits per heavy atom. The van der Waals surface area contributed by atoms with Gasteiger partial charge in [-0.05, 0) is 18.6 Å². The first-order chi connectivity index (χ1) is 7.45. The van der Waals surface area contributed by atoms with Crippen molar-refractivity contribution in [3.63, 3.8) is 0 Å². The van der Waals surface area contributed by atoms with E-state index in [0.717, 1.165) is 6.07 Å². The van der Waals surface area contributed by atoms with Crippen LogP contribution in [0, 0.1) is 0 Å². The maximum Gasteiger partial charge on any atom is 0.417 e. The lowest BCUT2D eigenvalue weighted by Crippen LogP contribution is -2.11. The van der Waals surface area contributed by atoms with Gasteiger partial charge in [-0.1, -0.05) is 18.2 Å². The van der Waals surface area contributed by atoms with Crippen LogP contribution >= 0.6 is 0 Å². The molecule has 1 aliphatic rings. The Labute approximate surface area is 90.6 Å². The minimum absolute atomic E-state index is 0.178. The van der Waals surface area contributed by atoms with Crippen LogP contribution in [0.2, 0.25) is 0 Å². The van der Waals surface area contributed by atoms with Crippen LogP contribution in [-0.4, -0.2) is 5.78 Å². The molecular weight excluding hydrogens is 217 g/mol. The second kappa shape index (κ2) is 3.47. The van der Waals surface area contributed by atoms with Gasteiger partial charge < -0.3 is 0 Å². The number of carbonyl (C=O) groups excluding carboxylic acids is 1. The van der Waals surface area contributed by atoms with Crippen molar-refractivity contribution in [2.75, 3.05) is 0 Å². The molecule has 1 aromatic rings. The molecule has 1 aliphatic carbocycles. The van der Waals surface area contributed by atoms with Gasteiger partial charge in [-0.2, -0.15) is 13.2 Å². The molecule has 2 rings (SSSR count). The van der Waals surface area contributed by atoms with Gasteiger partial charge in [-0.3, -0.25) is 4.79 Å². The van der Waals surface area contributed by atoms with E-state index in [4.69, 9.17) is 0 Å². The first-order valence-electron chi connectivity index (χ1n) is 4.84. The van der Waals surface area contributed by atoms with Crippen molar-refractivity contribution >= 4 is 5.78 Å². The van der Waals surface area contributed by atoms with Gasteiger partial charge in [0.15, 0.2) is 5.78 Å². The van der Waals surface area contributed by atoms with Crippen LogP contribution in [0.4, 0.5) is 13.2 Å². The molecule has 0 saturated heterocycles. The number of carbonyl (C=O) groups is 1. The molecular formula is C12H9F3O. The van der Waals surface area contributed by atoms with Gasteiger partial charge in [0.05, 0.1) is 5.56 Å². The molecule has 84 valence electrons. The normalized spacial score (nSPS) is 18.0. The van der Waals surface area contributed by atoms with Gasteiger partial charge in [0.2, 0.25) is 0 Å². The second-order valence-electron chi connectivity index (χ2n) is 3.66. The Kier molecular flexibility index (Phi) is 2.37. The minimum Gasteiger partial charge on any atom is -0.289 e. The molecule has 0 spiro atoms. The summed E-state index contributed by atoms with van der Waals surface area (Å²) in [5.41, 5.74) is -0.102. The lowest BCUT2D eigenvalue weighted by atomic mass is 10.0. The lowest BCUT2D eigenvalue weighted by molar-refractivity contribution is -0.137. The molecule has 16 heavy (non-hydrogen) atoms. The molecule has 0 atom stereocenters. The van der Waals surface area contributed by atoms with Crippen LogP contribution in [0.25, 0.3) is 0 Å². The van der Waals surface area contributed by atoms with E-state index in [1.807, 2.05) is 0 Å². The Morgan fingerprint density at radius 1 is 1.31 bits per heavy atom. The largest absolute Gasteiger partial charge is 0.417 e. The third-order valence-corrected chi connectivity index (χ3v) is 2.70. The predicted molar refractivity (Wildman–Crippen MR) is 53.2 cm³/mol. The maximum absolute atomic E-state index is 12.7. The zero-order valence-corrected chi connectivity index (χ0v) is 8.56. The van der Waals surface area contributed by atoms with Crippen molar-refractivity contribution in [1.29, 1.82) is 0 Å². The molecule has 0 aromatic heterocycles. The van der Waals surface area contributed by atoms with Gasteiger partial charge in [0.1, 0.15) is 0 Å². The molecule has 1 aromatic carbocycles. The maximum atomic E-state index is 12.7. The van der Waals surface area contributed by atoms with Crippen LogP contribution in [0.15, 0.2) is 29.8 Å². The number of hydrogen-bond acceptors (Lipinski definition) is 1. The third kappa shape index (κ3) is 1.54. The first kappa shape index (κ1) is 10.9. The van der Waals surface area contributed by atoms with Crippen molar-refractivity contribution in [3.8, 4) is 0 Å². The lowest BCUT2D eigenvalue weighted by Gasteiger charge is -2.10. The molecule has 0 fully saturated rings. The monoisotopic (exact) mass is 226 g/mol. The number of Topliss-reactive ketones (excluding diaryl/α,β-unsaturated/α-hetero) is 1. The zero-order valence-electron chi connectivity index (χ0n) is 8.56. The highest BCUT2D eigenvalue weighted by molar-refractivity contribution is 6.14. The van der Waals surface area contributed by atoms with Crippen molar-refractivity contribution in [3.05, 3.63) is 46.5 Å². The Hall–Kier alpha value is -1.58. The van der Waals surface area contributed by atoms with E-state index >= 15 is 0 Å². The number of halogens is 3. The molecule has 0 heterocycles. The van der Waals surface area contributed by atoms with Gasteiger partial charge >= 0.3 is 6.18 Å². The number of hydrogen-bond donors (Lipinski definition) is 0. The number of alkyl halides is 3. The van der Waals surface area contributed by atoms with E-state index < -0.39 is 17.5 Å². The van der Waals surface area contributed by atoms with E-state index in [0.29, 0.717) is 17.6 Å². The molecule has 0 aliphatic heterocycles. The van der Waals surface area contributed by atoms with E-state index in [2.05, 4.69) is 0 Å². The summed E-state index contributed by atoms with van der Waals surface area (Å²) in [5.74, 6) is -0.495. The summed E-state index contributed by atoms with van der Waals surface area (Å²) in [4.78, 5) is 11.7. The third-order valence-electron chi connectivity index (χ3n) is 2.70. The summed E-state index contributed by atoms with van der Waals surface area (Å²) >= 11 is 0. The van der Waals surface area contributed by atoms with Gasteiger partial charge in [-0.15, -0.1) is 0 Å². The fourth-order valence-electron chi connectivity index (χ4n) is 1.93. The standard InChI is InChI=1S/C12H9F3O/c1-2-7-6-8-4-3-5-9(12(13,14)15)10(8)11(7)16/h2-5H,6H2,1H3/b7-2-. The Balaban J connectivity index is 2.65. The first-order valence-corrected chi connectivity index (χ1v) is 4.84. The summed E-state index contributed by atoms with van der Waals surface area (Å²) in [6.07, 6.45) is -2.60. The van der Waals surface area contributed by atoms with Crippen molar-refractivity contribution < 1.29 is 18.0 Å². The Morgan fingerprint density at radius 3 is 2.56 bits per heavy atom. The molecule has 0 saturated carbocycles. The van der Waals surface area contributed by atoms with Crippen LogP contribution in [0.5, 0.6) is 0 Å². The van der Waals surface area contributed by atoms with Crippen molar-refractivity contribution in [2.24, 2.45) is 0 Å². The predicted octanol–water partition coefficient (Wildman–Crippen LogP) is 3.39. The highest BCUT2D eigenvalue weighted by atomic mass is 19.4. The summed E-state index contributed by atoms with van der Waals surface area (Å²) in [6, 6.07) is 3.86. The molecule has 4 heteroatoms. The summed E-state index contributed by atoms with van der Waals surface area (Å²) in [7, 11) is 0. The fourth-order valence-corrected chi connectivity index (χ4v) is 1.93. The summed E-state index contributed by atoms with van der Waals surface area (Å²) in [5, 5.41) is 0. The minimum atomic E-state index is -4.47. The Bertz CT molecular complexity index is 484. The second-order valence-corrected chi connectivity index (χ2v) is 3.66. The number of fused-ring (bicyclic) bond motifs is 1. The van der Waals surface area contributed by atoms with E-state index in [1.165, 1.54) is 6.07 Å². The van der Waals surface area contributed by atoms with Crippen LogP contribution in [-0.2, 0) is 12.6 Å². The average Bonchev–Trinajstić information content (AvgIpc) is 2.54. The number of ketones is 1. The molecule has 0 radical (unpaired) electrons. The van der Waals surface area contributed by atoms with Gasteiger partial charge in [0, 0.05) is 17.6 Å². The molecule has 0 amide bonds. The van der Waals surface area contributed by atoms with E-state index in [1.54, 1.807) is 19.1 Å². The van der Waals surface area contributed by atoms with Crippen molar-refractivity contribution in [2.45, 2.75) is 19.5 Å². The van der Waals surface area contributed by atoms with Gasteiger partial charge in [-0.25, -0.2) is 0 Å². The molecule has 1 nitrogen and oxygen atoms in total. The zero-order chi connectivity index (χ0) is 11.9. The number of benzene rings is 1. The summed E-state index contributed by atoms with van der Waals surface area (Å²) in [6.45, 7) is 1.66. The van der Waals surface area contributed by atoms with Crippen molar-refractivity contribution in [1.82, 2.24) is 0 Å². The van der Waals surface area contributed by atoms with Crippen LogP contribution in [0.1, 0.15) is 28.4 Å². The molecule has 0 N–H and O–H groups in total. The van der Waals surface area contributed by atoms with E-state index in [-0.39, 0.29) is 5.56 Å².